The number of ketones is 4. The third-order valence-corrected chi connectivity index (χ3v) is 9.90. The predicted octanol–water partition coefficient (Wildman–Crippen LogP) is 5.04. The zero-order valence-corrected chi connectivity index (χ0v) is 57.9. The molecule has 0 spiro atoms. The first-order chi connectivity index (χ1) is 37.9. The van der Waals surface area contributed by atoms with E-state index in [1.54, 1.807) is 166 Å². The molecule has 0 saturated carbocycles. The average molecular weight is 1260 g/mol. The van der Waals surface area contributed by atoms with Crippen molar-refractivity contribution in [2.45, 2.75) is 317 Å². The Balaban J connectivity index is -0.000000333. The molecule has 0 aromatic carbocycles. The summed E-state index contributed by atoms with van der Waals surface area (Å²) in [6.07, 6.45) is -4.20. The molecular formula is C60H108O24Ti. The number of Topliss-reactive ketones (excluding diaryl/α,β-unsaturated/α-hetero) is 4. The minimum absolute atomic E-state index is 0. The Hall–Kier alpha value is -3.21. The molecule has 24 nitrogen and oxygen atoms in total. The van der Waals surface area contributed by atoms with Crippen molar-refractivity contribution < 1.29 is 137 Å². The first-order valence-corrected chi connectivity index (χ1v) is 28.9. The van der Waals surface area contributed by atoms with Gasteiger partial charge in [0.2, 0.25) is 0 Å². The molecule has 4 atom stereocenters. The molecule has 0 rings (SSSR count). The summed E-state index contributed by atoms with van der Waals surface area (Å²) in [5.41, 5.74) is 0. The Bertz CT molecular complexity index is 1510. The maximum absolute atomic E-state index is 11.5. The second kappa shape index (κ2) is 43.5. The Morgan fingerprint density at radius 3 is 0.365 bits per heavy atom. The summed E-state index contributed by atoms with van der Waals surface area (Å²) in [4.78, 5) is 90.8. The molecule has 25 heteroatoms. The van der Waals surface area contributed by atoms with E-state index in [1.165, 1.54) is 27.7 Å². The zero-order chi connectivity index (χ0) is 67.2. The van der Waals surface area contributed by atoms with Crippen molar-refractivity contribution in [1.82, 2.24) is 0 Å². The van der Waals surface area contributed by atoms with Crippen molar-refractivity contribution in [2.75, 3.05) is 0 Å². The van der Waals surface area contributed by atoms with E-state index >= 15 is 0 Å². The van der Waals surface area contributed by atoms with Gasteiger partial charge < -0.3 is 96.4 Å². The Labute approximate surface area is 522 Å². The topological polar surface area (TPSA) is 340 Å². The first kappa shape index (κ1) is 90.5. The van der Waals surface area contributed by atoms with Crippen LogP contribution < -0.4 is 20.4 Å². The zero-order valence-electron chi connectivity index (χ0n) is 56.4. The van der Waals surface area contributed by atoms with Crippen LogP contribution >= 0.6 is 0 Å². The Morgan fingerprint density at radius 1 is 0.235 bits per heavy atom. The Morgan fingerprint density at radius 2 is 0.318 bits per heavy atom. The van der Waals surface area contributed by atoms with Gasteiger partial charge in [-0.05, 0) is 194 Å². The second-order valence-electron chi connectivity index (χ2n) is 23.5. The summed E-state index contributed by atoms with van der Waals surface area (Å²) in [6, 6.07) is 0. The number of hydrogen-bond acceptors (Lipinski definition) is 24. The van der Waals surface area contributed by atoms with Gasteiger partial charge in [0.15, 0.2) is 0 Å². The van der Waals surface area contributed by atoms with E-state index in [-0.39, 0.29) is 121 Å². The van der Waals surface area contributed by atoms with Crippen molar-refractivity contribution in [3.8, 4) is 0 Å². The van der Waals surface area contributed by atoms with Gasteiger partial charge in [-0.15, -0.1) is 0 Å². The van der Waals surface area contributed by atoms with E-state index in [0.29, 0.717) is 0 Å². The van der Waals surface area contributed by atoms with Crippen LogP contribution in [0.1, 0.15) is 220 Å². The van der Waals surface area contributed by atoms with E-state index in [9.17, 15) is 58.8 Å². The Kier molecular flexibility index (Phi) is 46.3. The number of ether oxygens (including phenoxy) is 12. The molecule has 0 aliphatic rings. The minimum atomic E-state index is -1.59. The summed E-state index contributed by atoms with van der Waals surface area (Å²) in [5, 5.41) is 44.7. The van der Waals surface area contributed by atoms with Crippen LogP contribution in [0.25, 0.3) is 0 Å². The summed E-state index contributed by atoms with van der Waals surface area (Å²) in [7, 11) is 0. The number of carbonyl (C=O) groups excluding carboxylic acids is 8. The monoisotopic (exact) mass is 1260 g/mol. The number of hydrogen-bond donors (Lipinski definition) is 0. The summed E-state index contributed by atoms with van der Waals surface area (Å²) < 4.78 is 68.4. The molecule has 0 bridgehead atoms. The molecule has 4 unspecified atom stereocenters. The van der Waals surface area contributed by atoms with Crippen molar-refractivity contribution in [3.05, 3.63) is 0 Å². The van der Waals surface area contributed by atoms with Crippen molar-refractivity contribution >= 4 is 47.0 Å². The molecule has 0 radical (unpaired) electrons. The molecule has 0 aliphatic heterocycles. The molecule has 0 aliphatic carbocycles. The molecule has 0 saturated heterocycles. The maximum Gasteiger partial charge on any atom is 4.00 e. The number of aliphatic carboxylic acids is 4. The maximum atomic E-state index is 11.5. The SMILES string of the molecule is CC(=O)C(CC(OC(C)C)(OC(C)C)OC(C)C)C(=O)[O-].CC(=O)C(CC(OC(C)C)(OC(C)C)OC(C)C)C(=O)[O-].CC(=O)C(CC(OC(C)C)(OC(C)C)OC(C)C)C(=O)[O-].CC(=O)C(CC(OC(C)C)(OC(C)C)OC(C)C)C(=O)[O-].[Ti+4]. The number of carboxylic acids is 4. The molecule has 0 fully saturated rings. The fraction of sp³-hybridized carbons (Fsp3) is 0.867. The van der Waals surface area contributed by atoms with Gasteiger partial charge in [0.05, 0.1) is 121 Å². The number of carboxylic acid groups (broad SMARTS) is 4. The normalized spacial score (nSPS) is 13.8. The average Bonchev–Trinajstić information content (AvgIpc) is 3.22. The third kappa shape index (κ3) is 42.4. The minimum Gasteiger partial charge on any atom is -0.549 e. The molecular weight excluding hydrogens is 1150 g/mol. The van der Waals surface area contributed by atoms with E-state index in [1.807, 2.05) is 0 Å². The van der Waals surface area contributed by atoms with Crippen LogP contribution in [0.5, 0.6) is 0 Å². The molecule has 0 N–H and O–H groups in total. The van der Waals surface area contributed by atoms with Gasteiger partial charge in [-0.3, -0.25) is 19.2 Å². The predicted molar refractivity (Wildman–Crippen MR) is 301 cm³/mol. The number of carbonyl (C=O) groups is 8. The third-order valence-electron chi connectivity index (χ3n) is 9.90. The van der Waals surface area contributed by atoms with Crippen LogP contribution in [0.3, 0.4) is 0 Å². The molecule has 85 heavy (non-hydrogen) atoms. The van der Waals surface area contributed by atoms with Gasteiger partial charge in [-0.1, -0.05) is 0 Å². The first-order valence-electron chi connectivity index (χ1n) is 28.9. The quantitative estimate of drug-likeness (QED) is 0.0440. The second-order valence-corrected chi connectivity index (χ2v) is 23.5. The van der Waals surface area contributed by atoms with Crippen LogP contribution in [-0.4, -0.2) is 144 Å². The number of rotatable bonds is 40. The summed E-state index contributed by atoms with van der Waals surface area (Å²) >= 11 is 0. The van der Waals surface area contributed by atoms with Gasteiger partial charge in [-0.2, -0.15) is 0 Å². The van der Waals surface area contributed by atoms with Gasteiger partial charge in [-0.25, -0.2) is 0 Å². The van der Waals surface area contributed by atoms with Gasteiger partial charge in [0.25, 0.3) is 23.9 Å². The molecule has 0 amide bonds. The standard InChI is InChI=1S/4C15H28O6.Ti/c4*1-9(2)19-15(20-10(3)4,21-11(5)6)8-13(12(7)16)14(17)18;/h4*9-11,13H,8H2,1-7H3,(H,17,18);/q;;;;+4/p-4. The summed E-state index contributed by atoms with van der Waals surface area (Å²) in [6.45, 7) is 47.6. The van der Waals surface area contributed by atoms with Crippen LogP contribution in [-0.2, 0) is 117 Å². The van der Waals surface area contributed by atoms with Crippen molar-refractivity contribution in [3.63, 3.8) is 0 Å². The van der Waals surface area contributed by atoms with Crippen LogP contribution in [0.15, 0.2) is 0 Å². The molecule has 496 valence electrons. The largest absolute Gasteiger partial charge is 4.00 e. The summed E-state index contributed by atoms with van der Waals surface area (Å²) in [5.74, 6) is -19.7. The van der Waals surface area contributed by atoms with Gasteiger partial charge in [0, 0.05) is 25.7 Å². The smallest absolute Gasteiger partial charge is 0.549 e. The van der Waals surface area contributed by atoms with Crippen molar-refractivity contribution in [1.29, 1.82) is 0 Å². The fourth-order valence-corrected chi connectivity index (χ4v) is 7.79. The molecule has 0 aromatic rings. The van der Waals surface area contributed by atoms with E-state index in [0.717, 1.165) is 0 Å². The van der Waals surface area contributed by atoms with Crippen molar-refractivity contribution in [2.24, 2.45) is 23.7 Å². The van der Waals surface area contributed by atoms with Crippen LogP contribution in [0.4, 0.5) is 0 Å². The van der Waals surface area contributed by atoms with Crippen LogP contribution in [0, 0.1) is 23.7 Å². The van der Waals surface area contributed by atoms with Gasteiger partial charge in [0.1, 0.15) is 23.1 Å². The van der Waals surface area contributed by atoms with Gasteiger partial charge >= 0.3 is 21.7 Å². The fourth-order valence-electron chi connectivity index (χ4n) is 7.79. The van der Waals surface area contributed by atoms with E-state index in [4.69, 9.17) is 56.8 Å². The molecule has 0 heterocycles. The van der Waals surface area contributed by atoms with E-state index < -0.39 is 94.6 Å². The van der Waals surface area contributed by atoms with Crippen LogP contribution in [0.2, 0.25) is 0 Å². The molecule has 0 aromatic heterocycles. The van der Waals surface area contributed by atoms with E-state index in [2.05, 4.69) is 0 Å².